The summed E-state index contributed by atoms with van der Waals surface area (Å²) in [6.45, 7) is 1.95. The fraction of sp³-hybridized carbons (Fsp3) is 0.308. The quantitative estimate of drug-likeness (QED) is 0.844. The first-order valence-corrected chi connectivity index (χ1v) is 6.62. The standard InChI is InChI=1S/C13H14O3S/c1-8-13(17-2)10-7-9(4-6-12(14)15)3-5-11(10)16-8/h3,5,7H,4,6H2,1-2H3,(H,14,15). The van der Waals surface area contributed by atoms with Crippen LogP contribution in [0.5, 0.6) is 0 Å². The molecule has 3 nitrogen and oxygen atoms in total. The summed E-state index contributed by atoms with van der Waals surface area (Å²) in [5.41, 5.74) is 1.90. The van der Waals surface area contributed by atoms with Gasteiger partial charge in [-0.1, -0.05) is 6.07 Å². The molecule has 2 aromatic rings. The molecule has 2 rings (SSSR count). The lowest BCUT2D eigenvalue weighted by molar-refractivity contribution is -0.136. The largest absolute Gasteiger partial charge is 0.481 e. The van der Waals surface area contributed by atoms with Crippen molar-refractivity contribution in [1.29, 1.82) is 0 Å². The third kappa shape index (κ3) is 2.47. The van der Waals surface area contributed by atoms with E-state index in [4.69, 9.17) is 9.52 Å². The highest BCUT2D eigenvalue weighted by molar-refractivity contribution is 7.98. The lowest BCUT2D eigenvalue weighted by atomic mass is 10.1. The summed E-state index contributed by atoms with van der Waals surface area (Å²) in [6.07, 6.45) is 2.74. The summed E-state index contributed by atoms with van der Waals surface area (Å²) < 4.78 is 5.63. The van der Waals surface area contributed by atoms with Crippen LogP contribution in [0.15, 0.2) is 27.5 Å². The highest BCUT2D eigenvalue weighted by Gasteiger charge is 2.10. The minimum absolute atomic E-state index is 0.164. The Morgan fingerprint density at radius 1 is 1.47 bits per heavy atom. The molecule has 17 heavy (non-hydrogen) atoms. The van der Waals surface area contributed by atoms with Gasteiger partial charge in [0, 0.05) is 11.8 Å². The van der Waals surface area contributed by atoms with Crippen LogP contribution in [0.25, 0.3) is 11.0 Å². The zero-order chi connectivity index (χ0) is 12.4. The second-order valence-electron chi connectivity index (χ2n) is 3.92. The highest BCUT2D eigenvalue weighted by atomic mass is 32.2. The van der Waals surface area contributed by atoms with Gasteiger partial charge in [0.15, 0.2) is 0 Å². The zero-order valence-corrected chi connectivity index (χ0v) is 10.6. The van der Waals surface area contributed by atoms with Crippen LogP contribution in [0.3, 0.4) is 0 Å². The molecule has 0 bridgehead atoms. The normalized spacial score (nSPS) is 10.9. The van der Waals surface area contributed by atoms with Crippen LogP contribution in [0.2, 0.25) is 0 Å². The molecule has 0 aliphatic carbocycles. The summed E-state index contributed by atoms with van der Waals surface area (Å²) in [5.74, 6) is 0.154. The summed E-state index contributed by atoms with van der Waals surface area (Å²) >= 11 is 1.65. The van der Waals surface area contributed by atoms with E-state index >= 15 is 0 Å². The predicted octanol–water partition coefficient (Wildman–Crippen LogP) is 3.48. The van der Waals surface area contributed by atoms with E-state index in [0.717, 1.165) is 27.2 Å². The SMILES string of the molecule is CSc1c(C)oc2ccc(CCC(=O)O)cc12. The van der Waals surface area contributed by atoms with Crippen LogP contribution >= 0.6 is 11.8 Å². The monoisotopic (exact) mass is 250 g/mol. The number of carboxylic acids is 1. The molecule has 0 spiro atoms. The van der Waals surface area contributed by atoms with Crippen LogP contribution in [0.4, 0.5) is 0 Å². The molecule has 0 atom stereocenters. The van der Waals surface area contributed by atoms with Crippen molar-refractivity contribution in [3.8, 4) is 0 Å². The molecule has 0 amide bonds. The fourth-order valence-electron chi connectivity index (χ4n) is 1.90. The van der Waals surface area contributed by atoms with Crippen LogP contribution in [-0.4, -0.2) is 17.3 Å². The molecule has 4 heteroatoms. The van der Waals surface area contributed by atoms with Crippen molar-refractivity contribution in [1.82, 2.24) is 0 Å². The maximum absolute atomic E-state index is 10.5. The Hall–Kier alpha value is -1.42. The van der Waals surface area contributed by atoms with Gasteiger partial charge in [-0.25, -0.2) is 0 Å². The number of hydrogen-bond donors (Lipinski definition) is 1. The average molecular weight is 250 g/mol. The first-order chi connectivity index (χ1) is 8.11. The number of carbonyl (C=O) groups is 1. The van der Waals surface area contributed by atoms with E-state index in [0.29, 0.717) is 6.42 Å². The number of thioether (sulfide) groups is 1. The molecule has 0 saturated heterocycles. The maximum Gasteiger partial charge on any atom is 0.303 e. The van der Waals surface area contributed by atoms with Gasteiger partial charge in [-0.3, -0.25) is 4.79 Å². The molecule has 0 aliphatic heterocycles. The van der Waals surface area contributed by atoms with Crippen molar-refractivity contribution < 1.29 is 14.3 Å². The number of rotatable bonds is 4. The number of carboxylic acid groups (broad SMARTS) is 1. The number of furan rings is 1. The molecular formula is C13H14O3S. The van der Waals surface area contributed by atoms with Gasteiger partial charge in [-0.05, 0) is 37.3 Å². The molecule has 0 unspecified atom stereocenters. The van der Waals surface area contributed by atoms with Crippen LogP contribution in [0, 0.1) is 6.92 Å². The summed E-state index contributed by atoms with van der Waals surface area (Å²) in [5, 5.41) is 9.75. The van der Waals surface area contributed by atoms with E-state index in [1.165, 1.54) is 0 Å². The highest BCUT2D eigenvalue weighted by Crippen LogP contribution is 2.33. The smallest absolute Gasteiger partial charge is 0.303 e. The van der Waals surface area contributed by atoms with E-state index < -0.39 is 5.97 Å². The third-order valence-corrected chi connectivity index (χ3v) is 3.62. The molecule has 1 aromatic carbocycles. The summed E-state index contributed by atoms with van der Waals surface area (Å²) in [6, 6.07) is 5.87. The Balaban J connectivity index is 2.38. The maximum atomic E-state index is 10.5. The van der Waals surface area contributed by atoms with Crippen LogP contribution < -0.4 is 0 Å². The Bertz CT molecular complexity index is 557. The Morgan fingerprint density at radius 2 is 2.24 bits per heavy atom. The van der Waals surface area contributed by atoms with Crippen molar-refractivity contribution in [3.63, 3.8) is 0 Å². The van der Waals surface area contributed by atoms with E-state index in [-0.39, 0.29) is 6.42 Å². The molecule has 0 radical (unpaired) electrons. The number of benzene rings is 1. The van der Waals surface area contributed by atoms with Gasteiger partial charge in [0.25, 0.3) is 0 Å². The van der Waals surface area contributed by atoms with Crippen molar-refractivity contribution in [2.45, 2.75) is 24.7 Å². The van der Waals surface area contributed by atoms with Gasteiger partial charge in [0.05, 0.1) is 4.90 Å². The van der Waals surface area contributed by atoms with Gasteiger partial charge in [0.2, 0.25) is 0 Å². The van der Waals surface area contributed by atoms with Gasteiger partial charge < -0.3 is 9.52 Å². The molecule has 1 aromatic heterocycles. The second-order valence-corrected chi connectivity index (χ2v) is 4.73. The number of fused-ring (bicyclic) bond motifs is 1. The lowest BCUT2D eigenvalue weighted by Gasteiger charge is -1.99. The molecule has 1 N–H and O–H groups in total. The first kappa shape index (κ1) is 12.0. The lowest BCUT2D eigenvalue weighted by Crippen LogP contribution is -1.97. The van der Waals surface area contributed by atoms with Crippen molar-refractivity contribution in [2.24, 2.45) is 0 Å². The fourth-order valence-corrected chi connectivity index (χ4v) is 2.61. The van der Waals surface area contributed by atoms with Gasteiger partial charge >= 0.3 is 5.97 Å². The van der Waals surface area contributed by atoms with Crippen molar-refractivity contribution in [3.05, 3.63) is 29.5 Å². The van der Waals surface area contributed by atoms with Crippen LogP contribution in [-0.2, 0) is 11.2 Å². The molecular weight excluding hydrogens is 236 g/mol. The van der Waals surface area contributed by atoms with Gasteiger partial charge in [-0.15, -0.1) is 11.8 Å². The minimum atomic E-state index is -0.765. The van der Waals surface area contributed by atoms with Gasteiger partial charge in [0.1, 0.15) is 11.3 Å². The zero-order valence-electron chi connectivity index (χ0n) is 9.82. The molecule has 0 aliphatic rings. The average Bonchev–Trinajstić information content (AvgIpc) is 2.61. The molecule has 0 fully saturated rings. The first-order valence-electron chi connectivity index (χ1n) is 5.39. The Kier molecular flexibility index (Phi) is 3.43. The van der Waals surface area contributed by atoms with E-state index in [2.05, 4.69) is 0 Å². The minimum Gasteiger partial charge on any atom is -0.481 e. The van der Waals surface area contributed by atoms with E-state index in [1.54, 1.807) is 11.8 Å². The molecule has 0 saturated carbocycles. The van der Waals surface area contributed by atoms with E-state index in [1.807, 2.05) is 31.4 Å². The van der Waals surface area contributed by atoms with Crippen molar-refractivity contribution >= 4 is 28.7 Å². The van der Waals surface area contributed by atoms with Gasteiger partial charge in [-0.2, -0.15) is 0 Å². The number of hydrogen-bond acceptors (Lipinski definition) is 3. The van der Waals surface area contributed by atoms with E-state index in [9.17, 15) is 4.79 Å². The third-order valence-electron chi connectivity index (χ3n) is 2.70. The number of aliphatic carboxylic acids is 1. The molecule has 90 valence electrons. The molecule has 1 heterocycles. The summed E-state index contributed by atoms with van der Waals surface area (Å²) in [4.78, 5) is 11.7. The number of aryl methyl sites for hydroxylation is 2. The Morgan fingerprint density at radius 3 is 2.88 bits per heavy atom. The van der Waals surface area contributed by atoms with Crippen molar-refractivity contribution in [2.75, 3.05) is 6.26 Å². The van der Waals surface area contributed by atoms with Crippen LogP contribution in [0.1, 0.15) is 17.7 Å². The topological polar surface area (TPSA) is 50.4 Å². The summed E-state index contributed by atoms with van der Waals surface area (Å²) in [7, 11) is 0. The second kappa shape index (κ2) is 4.84. The Labute approximate surface area is 104 Å². The predicted molar refractivity (Wildman–Crippen MR) is 68.7 cm³/mol.